The maximum absolute atomic E-state index is 12.0. The molecule has 0 aromatic carbocycles. The smallest absolute Gasteiger partial charge is 0.320 e. The van der Waals surface area contributed by atoms with E-state index in [0.29, 0.717) is 12.4 Å². The van der Waals surface area contributed by atoms with Crippen molar-refractivity contribution >= 4 is 17.7 Å². The lowest BCUT2D eigenvalue weighted by Crippen LogP contribution is -2.39. The first-order valence-corrected chi connectivity index (χ1v) is 8.36. The highest BCUT2D eigenvalue weighted by Gasteiger charge is 2.41. The van der Waals surface area contributed by atoms with Crippen molar-refractivity contribution in [3.63, 3.8) is 0 Å². The van der Waals surface area contributed by atoms with Crippen molar-refractivity contribution in [3.05, 3.63) is 12.4 Å². The maximum Gasteiger partial charge on any atom is 0.320 e. The van der Waals surface area contributed by atoms with Crippen molar-refractivity contribution in [2.45, 2.75) is 37.4 Å². The molecule has 0 radical (unpaired) electrons. The van der Waals surface area contributed by atoms with Gasteiger partial charge in [-0.05, 0) is 25.7 Å². The van der Waals surface area contributed by atoms with Crippen molar-refractivity contribution < 1.29 is 14.3 Å². The predicted octanol–water partition coefficient (Wildman–Crippen LogP) is 1.39. The van der Waals surface area contributed by atoms with E-state index >= 15 is 0 Å². The predicted molar refractivity (Wildman–Crippen MR) is 90.3 cm³/mol. The minimum Gasteiger partial charge on any atom is -0.381 e. The Hall–Kier alpha value is -1.93. The second-order valence-corrected chi connectivity index (χ2v) is 6.56. The lowest BCUT2D eigenvalue weighted by molar-refractivity contribution is -0.101. The molecule has 2 fully saturated rings. The molecule has 2 amide bonds. The summed E-state index contributed by atoms with van der Waals surface area (Å²) < 4.78 is 11.6. The summed E-state index contributed by atoms with van der Waals surface area (Å²) in [5.41, 5.74) is -0.0334. The van der Waals surface area contributed by atoms with E-state index in [9.17, 15) is 4.79 Å². The molecule has 1 aromatic heterocycles. The Morgan fingerprint density at radius 2 is 2.12 bits per heavy atom. The number of urea groups is 1. The van der Waals surface area contributed by atoms with Gasteiger partial charge < -0.3 is 19.7 Å². The molecule has 1 atom stereocenters. The number of rotatable bonds is 4. The number of carbonyl (C=O) groups is 1. The zero-order chi connectivity index (χ0) is 17.0. The first-order valence-electron chi connectivity index (χ1n) is 8.36. The molecular weight excluding hydrogens is 310 g/mol. The van der Waals surface area contributed by atoms with Gasteiger partial charge in [-0.2, -0.15) is 0 Å². The Labute approximate surface area is 141 Å². The minimum atomic E-state index is -0.282. The highest BCUT2D eigenvalue weighted by atomic mass is 16.5. The monoisotopic (exact) mass is 335 g/mol. The van der Waals surface area contributed by atoms with Crippen molar-refractivity contribution in [1.29, 1.82) is 0 Å². The van der Waals surface area contributed by atoms with E-state index in [4.69, 9.17) is 9.47 Å². The SMILES string of the molecule is CN(C)c1cc(NC(=O)NCC2CCC3(CCOCC3)O2)ncn1. The van der Waals surface area contributed by atoms with Crippen LogP contribution < -0.4 is 15.5 Å². The average Bonchev–Trinajstić information content (AvgIpc) is 2.96. The van der Waals surface area contributed by atoms with Gasteiger partial charge in [-0.3, -0.25) is 5.32 Å². The largest absolute Gasteiger partial charge is 0.381 e. The number of hydrogen-bond acceptors (Lipinski definition) is 6. The Morgan fingerprint density at radius 1 is 1.33 bits per heavy atom. The number of aromatic nitrogens is 2. The number of carbonyl (C=O) groups excluding carboxylic acids is 1. The van der Waals surface area contributed by atoms with Gasteiger partial charge in [-0.25, -0.2) is 14.8 Å². The molecule has 2 aliphatic heterocycles. The molecule has 0 bridgehead atoms. The highest BCUT2D eigenvalue weighted by Crippen LogP contribution is 2.37. The van der Waals surface area contributed by atoms with Crippen LogP contribution in [0.4, 0.5) is 16.4 Å². The van der Waals surface area contributed by atoms with Gasteiger partial charge in [0.05, 0.1) is 11.7 Å². The number of anilines is 2. The summed E-state index contributed by atoms with van der Waals surface area (Å²) in [5, 5.41) is 5.59. The first kappa shape index (κ1) is 16.9. The van der Waals surface area contributed by atoms with Gasteiger partial charge in [0.2, 0.25) is 0 Å². The van der Waals surface area contributed by atoms with E-state index in [2.05, 4.69) is 20.6 Å². The summed E-state index contributed by atoms with van der Waals surface area (Å²) >= 11 is 0. The van der Waals surface area contributed by atoms with Crippen LogP contribution in [0, 0.1) is 0 Å². The fourth-order valence-electron chi connectivity index (χ4n) is 3.18. The molecule has 3 rings (SSSR count). The van der Waals surface area contributed by atoms with Crippen molar-refractivity contribution in [2.75, 3.05) is 44.1 Å². The van der Waals surface area contributed by atoms with E-state index in [1.807, 2.05) is 19.0 Å². The number of ether oxygens (including phenoxy) is 2. The minimum absolute atomic E-state index is 0.0334. The average molecular weight is 335 g/mol. The quantitative estimate of drug-likeness (QED) is 0.864. The number of nitrogens with zero attached hydrogens (tertiary/aromatic N) is 3. The van der Waals surface area contributed by atoms with E-state index in [-0.39, 0.29) is 17.7 Å². The third-order valence-electron chi connectivity index (χ3n) is 4.59. The molecule has 1 aromatic rings. The van der Waals surface area contributed by atoms with E-state index in [1.54, 1.807) is 6.07 Å². The van der Waals surface area contributed by atoms with Crippen LogP contribution in [-0.2, 0) is 9.47 Å². The third kappa shape index (κ3) is 4.12. The lowest BCUT2D eigenvalue weighted by Gasteiger charge is -2.33. The van der Waals surface area contributed by atoms with Crippen molar-refractivity contribution in [1.82, 2.24) is 15.3 Å². The second kappa shape index (κ2) is 7.31. The summed E-state index contributed by atoms with van der Waals surface area (Å²) in [4.78, 5) is 22.1. The van der Waals surface area contributed by atoms with Crippen LogP contribution in [0.3, 0.4) is 0 Å². The van der Waals surface area contributed by atoms with Gasteiger partial charge in [0.15, 0.2) is 0 Å². The molecule has 0 saturated carbocycles. The standard InChI is InChI=1S/C16H25N5O3/c1-21(2)14-9-13(18-11-19-14)20-15(22)17-10-12-3-4-16(24-12)5-7-23-8-6-16/h9,11-12H,3-8,10H2,1-2H3,(H2,17,18,19,20,22). The molecule has 0 aliphatic carbocycles. The summed E-state index contributed by atoms with van der Waals surface area (Å²) in [7, 11) is 3.77. The molecule has 24 heavy (non-hydrogen) atoms. The molecule has 132 valence electrons. The Bertz CT molecular complexity index is 575. The molecular formula is C16H25N5O3. The highest BCUT2D eigenvalue weighted by molar-refractivity contribution is 5.88. The summed E-state index contributed by atoms with van der Waals surface area (Å²) in [6, 6.07) is 1.44. The Kier molecular flexibility index (Phi) is 5.15. The van der Waals surface area contributed by atoms with Crippen LogP contribution in [0.5, 0.6) is 0 Å². The first-order chi connectivity index (χ1) is 11.6. The molecule has 1 unspecified atom stereocenters. The summed E-state index contributed by atoms with van der Waals surface area (Å²) in [6.07, 6.45) is 5.41. The lowest BCUT2D eigenvalue weighted by atomic mass is 9.91. The Morgan fingerprint density at radius 3 is 2.88 bits per heavy atom. The summed E-state index contributed by atoms with van der Waals surface area (Å²) in [5.74, 6) is 1.21. The molecule has 8 heteroatoms. The molecule has 3 heterocycles. The fourth-order valence-corrected chi connectivity index (χ4v) is 3.18. The molecule has 1 spiro atoms. The van der Waals surface area contributed by atoms with Gasteiger partial charge in [0.25, 0.3) is 0 Å². The zero-order valence-electron chi connectivity index (χ0n) is 14.2. The van der Waals surface area contributed by atoms with Crippen LogP contribution >= 0.6 is 0 Å². The van der Waals surface area contributed by atoms with Gasteiger partial charge in [-0.15, -0.1) is 0 Å². The molecule has 2 aliphatic rings. The van der Waals surface area contributed by atoms with E-state index in [0.717, 1.165) is 44.7 Å². The van der Waals surface area contributed by atoms with E-state index < -0.39 is 0 Å². The van der Waals surface area contributed by atoms with Crippen LogP contribution in [0.1, 0.15) is 25.7 Å². The topological polar surface area (TPSA) is 88.6 Å². The maximum atomic E-state index is 12.0. The van der Waals surface area contributed by atoms with Crippen LogP contribution in [0.2, 0.25) is 0 Å². The molecule has 2 saturated heterocycles. The van der Waals surface area contributed by atoms with Gasteiger partial charge in [0, 0.05) is 39.9 Å². The van der Waals surface area contributed by atoms with Crippen molar-refractivity contribution in [2.24, 2.45) is 0 Å². The van der Waals surface area contributed by atoms with Crippen LogP contribution in [0.25, 0.3) is 0 Å². The Balaban J connectivity index is 1.45. The number of amides is 2. The summed E-state index contributed by atoms with van der Waals surface area (Å²) in [6.45, 7) is 2.03. The van der Waals surface area contributed by atoms with Crippen LogP contribution in [0.15, 0.2) is 12.4 Å². The van der Waals surface area contributed by atoms with Crippen molar-refractivity contribution in [3.8, 4) is 0 Å². The zero-order valence-corrected chi connectivity index (χ0v) is 14.2. The van der Waals surface area contributed by atoms with Crippen LogP contribution in [-0.4, -0.2) is 61.6 Å². The van der Waals surface area contributed by atoms with Gasteiger partial charge >= 0.3 is 6.03 Å². The fraction of sp³-hybridized carbons (Fsp3) is 0.688. The third-order valence-corrected chi connectivity index (χ3v) is 4.59. The second-order valence-electron chi connectivity index (χ2n) is 6.56. The van der Waals surface area contributed by atoms with Gasteiger partial charge in [0.1, 0.15) is 18.0 Å². The molecule has 8 nitrogen and oxygen atoms in total. The van der Waals surface area contributed by atoms with E-state index in [1.165, 1.54) is 6.33 Å². The normalized spacial score (nSPS) is 22.3. The number of nitrogens with one attached hydrogen (secondary N) is 2. The molecule has 2 N–H and O–H groups in total. The number of hydrogen-bond donors (Lipinski definition) is 2. The van der Waals surface area contributed by atoms with Gasteiger partial charge in [-0.1, -0.05) is 0 Å².